The molecule has 2 N–H and O–H groups in total. The van der Waals surface area contributed by atoms with E-state index in [0.29, 0.717) is 0 Å². The zero-order valence-corrected chi connectivity index (χ0v) is 11.7. The number of rotatable bonds is 2. The van der Waals surface area contributed by atoms with Gasteiger partial charge in [-0.25, -0.2) is 0 Å². The highest BCUT2D eigenvalue weighted by molar-refractivity contribution is 5.85. The Labute approximate surface area is 113 Å². The van der Waals surface area contributed by atoms with Gasteiger partial charge in [-0.05, 0) is 43.5 Å². The molecular weight excluding hydrogens is 238 g/mol. The van der Waals surface area contributed by atoms with E-state index in [4.69, 9.17) is 14.9 Å². The highest BCUT2D eigenvalue weighted by Gasteiger charge is 2.30. The summed E-state index contributed by atoms with van der Waals surface area (Å²) >= 11 is 0. The maximum absolute atomic E-state index is 6.62. The molecule has 0 radical (unpaired) electrons. The molecule has 0 unspecified atom stereocenters. The summed E-state index contributed by atoms with van der Waals surface area (Å²) in [7, 11) is 1.68. The average Bonchev–Trinajstić information content (AvgIpc) is 2.78. The Hall–Kier alpha value is -1.48. The van der Waals surface area contributed by atoms with E-state index in [9.17, 15) is 0 Å². The van der Waals surface area contributed by atoms with Gasteiger partial charge in [0.2, 0.25) is 0 Å². The second-order valence-electron chi connectivity index (χ2n) is 5.67. The molecule has 0 saturated heterocycles. The molecular formula is C16H21NO2. The fraction of sp³-hybridized carbons (Fsp3) is 0.500. The molecule has 1 heterocycles. The van der Waals surface area contributed by atoms with Crippen LogP contribution in [-0.4, -0.2) is 7.11 Å². The Morgan fingerprint density at radius 1 is 1.16 bits per heavy atom. The molecule has 0 bridgehead atoms. The smallest absolute Gasteiger partial charge is 0.176 e. The monoisotopic (exact) mass is 259 g/mol. The number of hydrogen-bond acceptors (Lipinski definition) is 3. The Balaban J connectivity index is 2.13. The van der Waals surface area contributed by atoms with Crippen LogP contribution in [0, 0.1) is 6.92 Å². The van der Waals surface area contributed by atoms with Crippen molar-refractivity contribution in [1.82, 2.24) is 0 Å². The minimum absolute atomic E-state index is 0.203. The Morgan fingerprint density at radius 3 is 2.58 bits per heavy atom. The van der Waals surface area contributed by atoms with Crippen molar-refractivity contribution in [3.05, 3.63) is 29.5 Å². The predicted molar refractivity (Wildman–Crippen MR) is 76.5 cm³/mol. The largest absolute Gasteiger partial charge is 0.493 e. The molecule has 3 heteroatoms. The first-order chi connectivity index (χ1) is 9.12. The third-order valence-corrected chi connectivity index (χ3v) is 4.25. The summed E-state index contributed by atoms with van der Waals surface area (Å²) in [6, 6.07) is 6.27. The number of furan rings is 1. The summed E-state index contributed by atoms with van der Waals surface area (Å²) in [5.74, 6) is 1.69. The predicted octanol–water partition coefficient (Wildman–Crippen LogP) is 3.87. The average molecular weight is 259 g/mol. The van der Waals surface area contributed by atoms with E-state index in [0.717, 1.165) is 35.3 Å². The van der Waals surface area contributed by atoms with Crippen LogP contribution in [0.5, 0.6) is 5.75 Å². The van der Waals surface area contributed by atoms with Gasteiger partial charge in [0, 0.05) is 10.9 Å². The van der Waals surface area contributed by atoms with Crippen molar-refractivity contribution in [3.8, 4) is 5.75 Å². The Morgan fingerprint density at radius 2 is 1.89 bits per heavy atom. The molecule has 1 aliphatic rings. The summed E-state index contributed by atoms with van der Waals surface area (Å²) < 4.78 is 11.2. The Kier molecular flexibility index (Phi) is 3.02. The molecule has 2 aromatic rings. The van der Waals surface area contributed by atoms with Crippen molar-refractivity contribution < 1.29 is 9.15 Å². The van der Waals surface area contributed by atoms with Gasteiger partial charge in [-0.2, -0.15) is 0 Å². The second kappa shape index (κ2) is 4.57. The minimum atomic E-state index is -0.203. The molecule has 0 amide bonds. The number of nitrogens with two attached hydrogens (primary N) is 1. The zero-order valence-electron chi connectivity index (χ0n) is 11.7. The lowest BCUT2D eigenvalue weighted by atomic mass is 9.77. The summed E-state index contributed by atoms with van der Waals surface area (Å²) in [6.07, 6.45) is 5.82. The van der Waals surface area contributed by atoms with Gasteiger partial charge < -0.3 is 14.9 Å². The molecule has 1 aliphatic carbocycles. The van der Waals surface area contributed by atoms with Crippen molar-refractivity contribution in [3.63, 3.8) is 0 Å². The molecule has 1 aromatic heterocycles. The maximum atomic E-state index is 6.62. The van der Waals surface area contributed by atoms with Crippen LogP contribution >= 0.6 is 0 Å². The van der Waals surface area contributed by atoms with Crippen LogP contribution < -0.4 is 10.5 Å². The molecule has 1 fully saturated rings. The van der Waals surface area contributed by atoms with E-state index in [1.54, 1.807) is 7.11 Å². The number of methoxy groups -OCH3 is 1. The lowest BCUT2D eigenvalue weighted by molar-refractivity contribution is 0.301. The van der Waals surface area contributed by atoms with Crippen LogP contribution in [-0.2, 0) is 5.54 Å². The van der Waals surface area contributed by atoms with Gasteiger partial charge in [0.25, 0.3) is 0 Å². The van der Waals surface area contributed by atoms with E-state index >= 15 is 0 Å². The van der Waals surface area contributed by atoms with Gasteiger partial charge in [0.15, 0.2) is 11.3 Å². The highest BCUT2D eigenvalue weighted by Crippen LogP contribution is 2.39. The molecule has 0 aliphatic heterocycles. The van der Waals surface area contributed by atoms with Gasteiger partial charge in [0.05, 0.1) is 7.11 Å². The molecule has 0 atom stereocenters. The van der Waals surface area contributed by atoms with Gasteiger partial charge in [-0.3, -0.25) is 0 Å². The number of aryl methyl sites for hydroxylation is 1. The SMILES string of the molecule is COc1cc(C2(N)CCCCC2)cc2cc(C)oc12. The summed E-state index contributed by atoms with van der Waals surface area (Å²) in [4.78, 5) is 0. The van der Waals surface area contributed by atoms with E-state index in [-0.39, 0.29) is 5.54 Å². The van der Waals surface area contributed by atoms with Crippen LogP contribution in [0.15, 0.2) is 22.6 Å². The van der Waals surface area contributed by atoms with E-state index in [1.165, 1.54) is 24.8 Å². The highest BCUT2D eigenvalue weighted by atomic mass is 16.5. The normalized spacial score (nSPS) is 18.7. The van der Waals surface area contributed by atoms with Gasteiger partial charge in [0.1, 0.15) is 5.76 Å². The van der Waals surface area contributed by atoms with Crippen LogP contribution in [0.1, 0.15) is 43.4 Å². The lowest BCUT2D eigenvalue weighted by Crippen LogP contribution is -2.38. The number of ether oxygens (including phenoxy) is 1. The fourth-order valence-electron chi connectivity index (χ4n) is 3.16. The molecule has 19 heavy (non-hydrogen) atoms. The molecule has 3 nitrogen and oxygen atoms in total. The van der Waals surface area contributed by atoms with Crippen molar-refractivity contribution in [1.29, 1.82) is 0 Å². The quantitative estimate of drug-likeness (QED) is 0.890. The van der Waals surface area contributed by atoms with Crippen LogP contribution in [0.2, 0.25) is 0 Å². The zero-order chi connectivity index (χ0) is 13.5. The van der Waals surface area contributed by atoms with Crippen molar-refractivity contribution in [2.45, 2.75) is 44.6 Å². The van der Waals surface area contributed by atoms with E-state index < -0.39 is 0 Å². The summed E-state index contributed by atoms with van der Waals surface area (Å²) in [5.41, 5.74) is 8.41. The topological polar surface area (TPSA) is 48.4 Å². The molecule has 102 valence electrons. The van der Waals surface area contributed by atoms with Crippen molar-refractivity contribution >= 4 is 11.0 Å². The fourth-order valence-corrected chi connectivity index (χ4v) is 3.16. The first-order valence-corrected chi connectivity index (χ1v) is 7.00. The van der Waals surface area contributed by atoms with Crippen LogP contribution in [0.3, 0.4) is 0 Å². The number of fused-ring (bicyclic) bond motifs is 1. The maximum Gasteiger partial charge on any atom is 0.176 e. The Bertz CT molecular complexity index is 594. The standard InChI is InChI=1S/C16H21NO2/c1-11-8-12-9-13(10-14(18-2)15(12)19-11)16(17)6-4-3-5-7-16/h8-10H,3-7,17H2,1-2H3. The van der Waals surface area contributed by atoms with E-state index in [2.05, 4.69) is 12.1 Å². The third-order valence-electron chi connectivity index (χ3n) is 4.25. The molecule has 0 spiro atoms. The summed E-state index contributed by atoms with van der Waals surface area (Å²) in [5, 5.41) is 1.09. The molecule has 3 rings (SSSR count). The van der Waals surface area contributed by atoms with Gasteiger partial charge >= 0.3 is 0 Å². The van der Waals surface area contributed by atoms with E-state index in [1.807, 2.05) is 13.0 Å². The number of hydrogen-bond donors (Lipinski definition) is 1. The molecule has 1 saturated carbocycles. The minimum Gasteiger partial charge on any atom is -0.493 e. The van der Waals surface area contributed by atoms with Crippen LogP contribution in [0.25, 0.3) is 11.0 Å². The number of benzene rings is 1. The van der Waals surface area contributed by atoms with Gasteiger partial charge in [-0.1, -0.05) is 19.3 Å². The van der Waals surface area contributed by atoms with Crippen molar-refractivity contribution in [2.75, 3.05) is 7.11 Å². The third kappa shape index (κ3) is 2.12. The first kappa shape index (κ1) is 12.5. The second-order valence-corrected chi connectivity index (χ2v) is 5.67. The van der Waals surface area contributed by atoms with Gasteiger partial charge in [-0.15, -0.1) is 0 Å². The summed E-state index contributed by atoms with van der Waals surface area (Å²) in [6.45, 7) is 1.96. The molecule has 1 aromatic carbocycles. The van der Waals surface area contributed by atoms with Crippen molar-refractivity contribution in [2.24, 2.45) is 5.73 Å². The van der Waals surface area contributed by atoms with Crippen LogP contribution in [0.4, 0.5) is 0 Å². The lowest BCUT2D eigenvalue weighted by Gasteiger charge is -2.34. The first-order valence-electron chi connectivity index (χ1n) is 7.00.